The number of fused-ring (bicyclic) bond motifs is 1. The first-order valence-corrected chi connectivity index (χ1v) is 12.7. The lowest BCUT2D eigenvalue weighted by Crippen LogP contribution is -2.45. The summed E-state index contributed by atoms with van der Waals surface area (Å²) in [6, 6.07) is 12.1. The van der Waals surface area contributed by atoms with Gasteiger partial charge in [-0.2, -0.15) is 0 Å². The fourth-order valence-electron chi connectivity index (χ4n) is 4.72. The molecule has 0 radical (unpaired) electrons. The van der Waals surface area contributed by atoms with Crippen molar-refractivity contribution in [2.24, 2.45) is 5.92 Å². The third kappa shape index (κ3) is 6.02. The molecule has 4 rings (SSSR count). The average Bonchev–Trinajstić information content (AvgIpc) is 3.20. The first kappa shape index (κ1) is 25.2. The number of hydrogen-bond acceptors (Lipinski definition) is 4. The van der Waals surface area contributed by atoms with Gasteiger partial charge in [0.1, 0.15) is 6.04 Å². The lowest BCUT2D eigenvalue weighted by molar-refractivity contribution is -0.132. The molecule has 2 aromatic carbocycles. The summed E-state index contributed by atoms with van der Waals surface area (Å²) in [6.45, 7) is 2.18. The molecule has 8 nitrogen and oxygen atoms in total. The number of likely N-dealkylation sites (N-methyl/N-ethyl adjacent to an activating group) is 1. The zero-order valence-corrected chi connectivity index (χ0v) is 22.0. The summed E-state index contributed by atoms with van der Waals surface area (Å²) < 4.78 is 0.901. The van der Waals surface area contributed by atoms with Gasteiger partial charge in [0.05, 0.1) is 5.92 Å². The number of hydrogen-bond donors (Lipinski definition) is 2. The summed E-state index contributed by atoms with van der Waals surface area (Å²) in [5.74, 6) is -0.800. The standard InChI is InChI=1S/C26H32BrN5O3/c1-30(2)25(34)19-15-23(32(16-19)26(35)29-21-8-5-20(27)6-9-21)24(33)28-22-7-4-17-10-12-31(3)13-11-18(17)14-22/h4-9,14,19,23H,10-13,15-16H2,1-3H3,(H,28,33)(H,29,35)/t19-,23+/m0/s1. The van der Waals surface area contributed by atoms with Crippen LogP contribution in [-0.2, 0) is 22.4 Å². The van der Waals surface area contributed by atoms with Crippen molar-refractivity contribution in [1.29, 1.82) is 0 Å². The Morgan fingerprint density at radius 2 is 1.60 bits per heavy atom. The largest absolute Gasteiger partial charge is 0.349 e. The van der Waals surface area contributed by atoms with E-state index in [4.69, 9.17) is 0 Å². The number of benzene rings is 2. The molecule has 0 unspecified atom stereocenters. The smallest absolute Gasteiger partial charge is 0.322 e. The maximum Gasteiger partial charge on any atom is 0.322 e. The maximum atomic E-state index is 13.4. The summed E-state index contributed by atoms with van der Waals surface area (Å²) >= 11 is 3.38. The van der Waals surface area contributed by atoms with Crippen molar-refractivity contribution in [3.63, 3.8) is 0 Å². The van der Waals surface area contributed by atoms with E-state index >= 15 is 0 Å². The zero-order chi connectivity index (χ0) is 25.1. The quantitative estimate of drug-likeness (QED) is 0.620. The molecule has 2 N–H and O–H groups in total. The molecule has 0 aliphatic carbocycles. The van der Waals surface area contributed by atoms with Gasteiger partial charge in [-0.15, -0.1) is 0 Å². The highest BCUT2D eigenvalue weighted by molar-refractivity contribution is 9.10. The Morgan fingerprint density at radius 1 is 0.943 bits per heavy atom. The molecule has 1 saturated heterocycles. The van der Waals surface area contributed by atoms with Gasteiger partial charge in [0, 0.05) is 49.6 Å². The second-order valence-corrected chi connectivity index (χ2v) is 10.5. The Balaban J connectivity index is 1.51. The number of carbonyl (C=O) groups is 3. The molecule has 9 heteroatoms. The molecule has 2 aromatic rings. The van der Waals surface area contributed by atoms with Gasteiger partial charge >= 0.3 is 6.03 Å². The molecule has 4 amide bonds. The molecule has 35 heavy (non-hydrogen) atoms. The van der Waals surface area contributed by atoms with Crippen LogP contribution in [0, 0.1) is 5.92 Å². The van der Waals surface area contributed by atoms with Gasteiger partial charge in [-0.3, -0.25) is 9.59 Å². The minimum absolute atomic E-state index is 0.0871. The normalized spacial score (nSPS) is 20.1. The van der Waals surface area contributed by atoms with Crippen LogP contribution < -0.4 is 10.6 Å². The third-order valence-electron chi connectivity index (χ3n) is 6.75. The molecular weight excluding hydrogens is 510 g/mol. The molecule has 2 aliphatic heterocycles. The van der Waals surface area contributed by atoms with Crippen LogP contribution in [0.1, 0.15) is 17.5 Å². The second kappa shape index (κ2) is 10.8. The predicted octanol–water partition coefficient (Wildman–Crippen LogP) is 3.43. The number of anilines is 2. The van der Waals surface area contributed by atoms with Crippen LogP contribution in [0.4, 0.5) is 16.2 Å². The molecule has 2 aliphatic rings. The highest BCUT2D eigenvalue weighted by Crippen LogP contribution is 2.28. The number of urea groups is 1. The van der Waals surface area contributed by atoms with Crippen molar-refractivity contribution in [1.82, 2.24) is 14.7 Å². The maximum absolute atomic E-state index is 13.4. The molecule has 0 bridgehead atoms. The van der Waals surface area contributed by atoms with E-state index in [1.165, 1.54) is 20.9 Å². The number of nitrogens with one attached hydrogen (secondary N) is 2. The Labute approximate surface area is 214 Å². The molecule has 2 heterocycles. The Bertz CT molecular complexity index is 1100. The topological polar surface area (TPSA) is 85.0 Å². The summed E-state index contributed by atoms with van der Waals surface area (Å²) in [4.78, 5) is 44.5. The van der Waals surface area contributed by atoms with Crippen LogP contribution in [0.5, 0.6) is 0 Å². The first-order valence-electron chi connectivity index (χ1n) is 11.9. The number of rotatable bonds is 4. The molecular formula is C26H32BrN5O3. The van der Waals surface area contributed by atoms with Gasteiger partial charge in [0.15, 0.2) is 0 Å². The minimum atomic E-state index is -0.746. The summed E-state index contributed by atoms with van der Waals surface area (Å²) in [5.41, 5.74) is 3.88. The Kier molecular flexibility index (Phi) is 7.76. The summed E-state index contributed by atoms with van der Waals surface area (Å²) in [7, 11) is 5.50. The van der Waals surface area contributed by atoms with E-state index in [9.17, 15) is 14.4 Å². The average molecular weight is 542 g/mol. The van der Waals surface area contributed by atoms with Gasteiger partial charge in [-0.1, -0.05) is 22.0 Å². The van der Waals surface area contributed by atoms with Crippen molar-refractivity contribution < 1.29 is 14.4 Å². The number of nitrogens with zero attached hydrogens (tertiary/aromatic N) is 3. The zero-order valence-electron chi connectivity index (χ0n) is 20.4. The van der Waals surface area contributed by atoms with Gasteiger partial charge in [-0.05, 0) is 73.8 Å². The van der Waals surface area contributed by atoms with Crippen LogP contribution in [0.3, 0.4) is 0 Å². The number of carbonyl (C=O) groups excluding carboxylic acids is 3. The Morgan fingerprint density at radius 3 is 2.29 bits per heavy atom. The highest BCUT2D eigenvalue weighted by atomic mass is 79.9. The van der Waals surface area contributed by atoms with Gasteiger partial charge in [0.2, 0.25) is 11.8 Å². The van der Waals surface area contributed by atoms with Crippen molar-refractivity contribution >= 4 is 45.2 Å². The highest BCUT2D eigenvalue weighted by Gasteiger charge is 2.43. The van der Waals surface area contributed by atoms with Crippen molar-refractivity contribution in [3.05, 3.63) is 58.1 Å². The Hall–Kier alpha value is -2.91. The molecule has 0 spiro atoms. The van der Waals surface area contributed by atoms with Crippen molar-refractivity contribution in [2.45, 2.75) is 25.3 Å². The van der Waals surface area contributed by atoms with E-state index in [2.05, 4.69) is 44.6 Å². The van der Waals surface area contributed by atoms with Crippen molar-refractivity contribution in [2.75, 3.05) is 51.4 Å². The SMILES string of the molecule is CN1CCc2ccc(NC(=O)[C@H]3C[C@H](C(=O)N(C)C)CN3C(=O)Nc3ccc(Br)cc3)cc2CC1. The number of amides is 4. The fourth-order valence-corrected chi connectivity index (χ4v) is 4.99. The van der Waals surface area contributed by atoms with E-state index in [-0.39, 0.29) is 24.8 Å². The minimum Gasteiger partial charge on any atom is -0.349 e. The molecule has 0 aromatic heterocycles. The number of likely N-dealkylation sites (tertiary alicyclic amines) is 1. The van der Waals surface area contributed by atoms with E-state index in [1.807, 2.05) is 24.3 Å². The third-order valence-corrected chi connectivity index (χ3v) is 7.28. The summed E-state index contributed by atoms with van der Waals surface area (Å²) in [5, 5.41) is 5.86. The molecule has 186 valence electrons. The van der Waals surface area contributed by atoms with Crippen LogP contribution in [0.2, 0.25) is 0 Å². The predicted molar refractivity (Wildman–Crippen MR) is 140 cm³/mol. The molecule has 0 saturated carbocycles. The molecule has 1 fully saturated rings. The fraction of sp³-hybridized carbons (Fsp3) is 0.423. The molecule has 2 atom stereocenters. The monoisotopic (exact) mass is 541 g/mol. The first-order chi connectivity index (χ1) is 16.7. The van der Waals surface area contributed by atoms with Crippen LogP contribution in [0.15, 0.2) is 46.9 Å². The number of halogens is 1. The lowest BCUT2D eigenvalue weighted by Gasteiger charge is -2.24. The van der Waals surface area contributed by atoms with Crippen LogP contribution in [0.25, 0.3) is 0 Å². The summed E-state index contributed by atoms with van der Waals surface area (Å²) in [6.07, 6.45) is 2.20. The van der Waals surface area contributed by atoms with E-state index in [0.717, 1.165) is 30.4 Å². The van der Waals surface area contributed by atoms with Gasteiger partial charge < -0.3 is 25.3 Å². The lowest BCUT2D eigenvalue weighted by atomic mass is 10.0. The van der Waals surface area contributed by atoms with Gasteiger partial charge in [-0.25, -0.2) is 4.79 Å². The van der Waals surface area contributed by atoms with E-state index in [1.54, 1.807) is 26.2 Å². The second-order valence-electron chi connectivity index (χ2n) is 9.55. The van der Waals surface area contributed by atoms with Crippen LogP contribution >= 0.6 is 15.9 Å². The van der Waals surface area contributed by atoms with Crippen molar-refractivity contribution in [3.8, 4) is 0 Å². The van der Waals surface area contributed by atoms with E-state index < -0.39 is 18.0 Å². The van der Waals surface area contributed by atoms with Crippen LogP contribution in [-0.4, -0.2) is 79.4 Å². The van der Waals surface area contributed by atoms with E-state index in [0.29, 0.717) is 11.4 Å². The van der Waals surface area contributed by atoms with Gasteiger partial charge in [0.25, 0.3) is 0 Å².